The number of carbonyl (C=O) groups excluding carboxylic acids is 1. The fraction of sp³-hybridized carbons (Fsp3) is 0.467. The molecule has 1 aromatic carbocycles. The molecule has 1 amide bonds. The maximum atomic E-state index is 12.4. The van der Waals surface area contributed by atoms with E-state index in [1.54, 1.807) is 13.8 Å². The molecule has 0 atom stereocenters. The number of hydrogen-bond acceptors (Lipinski definition) is 2. The van der Waals surface area contributed by atoms with Gasteiger partial charge in [0.15, 0.2) is 0 Å². The van der Waals surface area contributed by atoms with Gasteiger partial charge in [0.05, 0.1) is 11.0 Å². The van der Waals surface area contributed by atoms with Gasteiger partial charge in [-0.2, -0.15) is 13.2 Å². The first-order valence-electron chi connectivity index (χ1n) is 6.85. The third-order valence-electron chi connectivity index (χ3n) is 3.87. The van der Waals surface area contributed by atoms with Crippen LogP contribution in [0.5, 0.6) is 0 Å². The fourth-order valence-corrected chi connectivity index (χ4v) is 2.04. The Morgan fingerprint density at radius 2 is 1.59 bits per heavy atom. The van der Waals surface area contributed by atoms with Crippen molar-refractivity contribution in [3.8, 4) is 0 Å². The summed E-state index contributed by atoms with van der Waals surface area (Å²) < 4.78 is 37.3. The van der Waals surface area contributed by atoms with E-state index in [1.807, 2.05) is 0 Å². The van der Waals surface area contributed by atoms with Crippen molar-refractivity contribution >= 4 is 11.9 Å². The topological polar surface area (TPSA) is 66.4 Å². The SMILES string of the molecule is CCC(CC)(CNC(=O)c1ccc(C(F)(F)F)cc1)C(=O)O. The summed E-state index contributed by atoms with van der Waals surface area (Å²) in [6, 6.07) is 3.77. The molecule has 1 rings (SSSR count). The van der Waals surface area contributed by atoms with E-state index in [-0.39, 0.29) is 12.1 Å². The third-order valence-corrected chi connectivity index (χ3v) is 3.87. The van der Waals surface area contributed by atoms with Crippen LogP contribution >= 0.6 is 0 Å². The zero-order chi connectivity index (χ0) is 17.0. The fourth-order valence-electron chi connectivity index (χ4n) is 2.04. The summed E-state index contributed by atoms with van der Waals surface area (Å²) in [5, 5.41) is 11.7. The minimum atomic E-state index is -4.46. The Balaban J connectivity index is 2.79. The summed E-state index contributed by atoms with van der Waals surface area (Å²) >= 11 is 0. The third kappa shape index (κ3) is 3.99. The van der Waals surface area contributed by atoms with Gasteiger partial charge >= 0.3 is 12.1 Å². The van der Waals surface area contributed by atoms with Crippen molar-refractivity contribution in [2.75, 3.05) is 6.54 Å². The molecule has 0 aliphatic carbocycles. The highest BCUT2D eigenvalue weighted by molar-refractivity contribution is 5.94. The smallest absolute Gasteiger partial charge is 0.416 e. The number of aliphatic carboxylic acids is 1. The molecular formula is C15H18F3NO3. The maximum absolute atomic E-state index is 12.4. The van der Waals surface area contributed by atoms with Crippen LogP contribution in [0, 0.1) is 5.41 Å². The summed E-state index contributed by atoms with van der Waals surface area (Å²) in [6.07, 6.45) is -3.78. The first-order valence-corrected chi connectivity index (χ1v) is 6.85. The van der Waals surface area contributed by atoms with Crippen molar-refractivity contribution in [2.45, 2.75) is 32.9 Å². The Labute approximate surface area is 126 Å². The second kappa shape index (κ2) is 6.81. The molecule has 0 unspecified atom stereocenters. The number of carboxylic acid groups (broad SMARTS) is 1. The first-order chi connectivity index (χ1) is 10.2. The highest BCUT2D eigenvalue weighted by Crippen LogP contribution is 2.29. The summed E-state index contributed by atoms with van der Waals surface area (Å²) in [6.45, 7) is 3.35. The minimum Gasteiger partial charge on any atom is -0.481 e. The monoisotopic (exact) mass is 317 g/mol. The predicted molar refractivity (Wildman–Crippen MR) is 74.4 cm³/mol. The van der Waals surface area contributed by atoms with E-state index < -0.39 is 29.0 Å². The average Bonchev–Trinajstić information content (AvgIpc) is 2.47. The standard InChI is InChI=1S/C15H18F3NO3/c1-3-14(4-2,13(21)22)9-19-12(20)10-5-7-11(8-6-10)15(16,17)18/h5-8H,3-4,9H2,1-2H3,(H,19,20)(H,21,22). The van der Waals surface area contributed by atoms with E-state index >= 15 is 0 Å². The van der Waals surface area contributed by atoms with Crippen molar-refractivity contribution in [2.24, 2.45) is 5.41 Å². The first kappa shape index (κ1) is 18.0. The van der Waals surface area contributed by atoms with Crippen LogP contribution in [0.1, 0.15) is 42.6 Å². The molecule has 0 radical (unpaired) electrons. The van der Waals surface area contributed by atoms with E-state index in [2.05, 4.69) is 5.32 Å². The van der Waals surface area contributed by atoms with E-state index in [4.69, 9.17) is 0 Å². The van der Waals surface area contributed by atoms with E-state index in [0.717, 1.165) is 24.3 Å². The Morgan fingerprint density at radius 1 is 1.09 bits per heavy atom. The molecule has 7 heteroatoms. The van der Waals surface area contributed by atoms with Crippen LogP contribution in [-0.4, -0.2) is 23.5 Å². The Hall–Kier alpha value is -2.05. The van der Waals surface area contributed by atoms with Crippen LogP contribution in [-0.2, 0) is 11.0 Å². The van der Waals surface area contributed by atoms with Gasteiger partial charge in [-0.25, -0.2) is 0 Å². The molecular weight excluding hydrogens is 299 g/mol. The number of rotatable bonds is 6. The van der Waals surface area contributed by atoms with Crippen LogP contribution in [0.25, 0.3) is 0 Å². The van der Waals surface area contributed by atoms with E-state index in [1.165, 1.54) is 0 Å². The molecule has 0 heterocycles. The number of hydrogen-bond donors (Lipinski definition) is 2. The number of carboxylic acids is 1. The summed E-state index contributed by atoms with van der Waals surface area (Å²) in [4.78, 5) is 23.2. The quantitative estimate of drug-likeness (QED) is 0.846. The number of benzene rings is 1. The highest BCUT2D eigenvalue weighted by Gasteiger charge is 2.35. The summed E-state index contributed by atoms with van der Waals surface area (Å²) in [5.74, 6) is -1.61. The Kier molecular flexibility index (Phi) is 5.57. The van der Waals surface area contributed by atoms with Crippen molar-refractivity contribution < 1.29 is 27.9 Å². The molecule has 0 fully saturated rings. The lowest BCUT2D eigenvalue weighted by Gasteiger charge is -2.26. The van der Waals surface area contributed by atoms with Crippen molar-refractivity contribution in [3.05, 3.63) is 35.4 Å². The summed E-state index contributed by atoms with van der Waals surface area (Å²) in [5.41, 5.74) is -1.85. The van der Waals surface area contributed by atoms with Gasteiger partial charge < -0.3 is 10.4 Å². The molecule has 4 nitrogen and oxygen atoms in total. The van der Waals surface area contributed by atoms with Gasteiger partial charge in [-0.1, -0.05) is 13.8 Å². The van der Waals surface area contributed by atoms with Crippen molar-refractivity contribution in [3.63, 3.8) is 0 Å². The number of alkyl halides is 3. The zero-order valence-corrected chi connectivity index (χ0v) is 12.3. The van der Waals surface area contributed by atoms with Gasteiger partial charge in [-0.05, 0) is 37.1 Å². The average molecular weight is 317 g/mol. The highest BCUT2D eigenvalue weighted by atomic mass is 19.4. The molecule has 0 spiro atoms. The molecule has 122 valence electrons. The van der Waals surface area contributed by atoms with Crippen LogP contribution in [0.3, 0.4) is 0 Å². The zero-order valence-electron chi connectivity index (χ0n) is 12.3. The van der Waals surface area contributed by atoms with Gasteiger partial charge in [-0.3, -0.25) is 9.59 Å². The van der Waals surface area contributed by atoms with Crippen molar-refractivity contribution in [1.29, 1.82) is 0 Å². The van der Waals surface area contributed by atoms with Crippen LogP contribution < -0.4 is 5.32 Å². The lowest BCUT2D eigenvalue weighted by Crippen LogP contribution is -2.42. The van der Waals surface area contributed by atoms with Gasteiger partial charge in [0.25, 0.3) is 5.91 Å². The molecule has 0 aliphatic rings. The summed E-state index contributed by atoms with van der Waals surface area (Å²) in [7, 11) is 0. The molecule has 0 aromatic heterocycles. The van der Waals surface area contributed by atoms with Crippen LogP contribution in [0.15, 0.2) is 24.3 Å². The van der Waals surface area contributed by atoms with Gasteiger partial charge in [-0.15, -0.1) is 0 Å². The van der Waals surface area contributed by atoms with Crippen LogP contribution in [0.2, 0.25) is 0 Å². The molecule has 0 bridgehead atoms. The number of halogens is 3. The van der Waals surface area contributed by atoms with E-state index in [0.29, 0.717) is 12.8 Å². The lowest BCUT2D eigenvalue weighted by atomic mass is 9.82. The molecule has 0 saturated heterocycles. The Morgan fingerprint density at radius 3 is 1.95 bits per heavy atom. The second-order valence-corrected chi connectivity index (χ2v) is 5.05. The molecule has 1 aromatic rings. The number of carbonyl (C=O) groups is 2. The normalized spacial score (nSPS) is 12.0. The van der Waals surface area contributed by atoms with E-state index in [9.17, 15) is 27.9 Å². The van der Waals surface area contributed by atoms with Crippen molar-refractivity contribution in [1.82, 2.24) is 5.32 Å². The minimum absolute atomic E-state index is 0.0551. The van der Waals surface area contributed by atoms with Gasteiger partial charge in [0.2, 0.25) is 0 Å². The van der Waals surface area contributed by atoms with Crippen LogP contribution in [0.4, 0.5) is 13.2 Å². The van der Waals surface area contributed by atoms with Gasteiger partial charge in [0, 0.05) is 12.1 Å². The largest absolute Gasteiger partial charge is 0.481 e. The molecule has 0 aliphatic heterocycles. The number of nitrogens with one attached hydrogen (secondary N) is 1. The second-order valence-electron chi connectivity index (χ2n) is 5.05. The lowest BCUT2D eigenvalue weighted by molar-refractivity contribution is -0.149. The molecule has 2 N–H and O–H groups in total. The Bertz CT molecular complexity index is 534. The number of amides is 1. The maximum Gasteiger partial charge on any atom is 0.416 e. The molecule has 22 heavy (non-hydrogen) atoms. The predicted octanol–water partition coefficient (Wildman–Crippen LogP) is 3.33. The van der Waals surface area contributed by atoms with Gasteiger partial charge in [0.1, 0.15) is 0 Å². The molecule has 0 saturated carbocycles.